The fourth-order valence-corrected chi connectivity index (χ4v) is 3.16. The topological polar surface area (TPSA) is 52.9 Å². The van der Waals surface area contributed by atoms with Crippen molar-refractivity contribution in [1.82, 2.24) is 0 Å². The van der Waals surface area contributed by atoms with Crippen molar-refractivity contribution < 1.29 is 4.79 Å². The molecule has 0 saturated carbocycles. The Bertz CT molecular complexity index is 734. The van der Waals surface area contributed by atoms with Gasteiger partial charge in [0.1, 0.15) is 11.1 Å². The average molecular weight is 370 g/mol. The van der Waals surface area contributed by atoms with Gasteiger partial charge >= 0.3 is 0 Å². The van der Waals surface area contributed by atoms with E-state index in [9.17, 15) is 4.79 Å². The van der Waals surface area contributed by atoms with E-state index in [2.05, 4.69) is 27.3 Å². The lowest BCUT2D eigenvalue weighted by Crippen LogP contribution is -2.11. The minimum atomic E-state index is -0.264. The van der Waals surface area contributed by atoms with Crippen LogP contribution < -0.4 is 5.32 Å². The predicted molar refractivity (Wildman–Crippen MR) is 85.6 cm³/mol. The summed E-state index contributed by atoms with van der Waals surface area (Å²) in [5.41, 5.74) is 1.91. The molecule has 2 rings (SSSR count). The molecular weight excluding hydrogens is 360 g/mol. The molecule has 102 valence electrons. The van der Waals surface area contributed by atoms with Crippen LogP contribution in [-0.2, 0) is 0 Å². The van der Waals surface area contributed by atoms with Crippen molar-refractivity contribution in [2.75, 3.05) is 5.32 Å². The fraction of sp³-hybridized carbons (Fsp3) is 0.143. The number of carbonyl (C=O) groups excluding carboxylic acids is 1. The highest BCUT2D eigenvalue weighted by molar-refractivity contribution is 9.10. The van der Waals surface area contributed by atoms with Crippen LogP contribution in [-0.4, -0.2) is 5.91 Å². The zero-order chi connectivity index (χ0) is 14.9. The van der Waals surface area contributed by atoms with Crippen LogP contribution >= 0.6 is 38.9 Å². The molecule has 2 aromatic rings. The van der Waals surface area contributed by atoms with E-state index in [1.165, 1.54) is 11.3 Å². The van der Waals surface area contributed by atoms with Crippen molar-refractivity contribution in [3.8, 4) is 6.07 Å². The number of benzene rings is 1. The van der Waals surface area contributed by atoms with E-state index < -0.39 is 0 Å². The minimum Gasteiger partial charge on any atom is -0.312 e. The number of nitrogens with one attached hydrogen (secondary N) is 1. The van der Waals surface area contributed by atoms with Gasteiger partial charge in [-0.15, -0.1) is 11.3 Å². The second-order valence-corrected chi connectivity index (χ2v) is 6.67. The molecule has 0 aliphatic carbocycles. The monoisotopic (exact) mass is 368 g/mol. The summed E-state index contributed by atoms with van der Waals surface area (Å²) in [4.78, 5) is 13.2. The Hall–Kier alpha value is -1.35. The molecule has 1 N–H and O–H groups in total. The Morgan fingerprint density at radius 2 is 2.15 bits per heavy atom. The molecular formula is C14H10BrClN2OS. The number of nitriles is 1. The van der Waals surface area contributed by atoms with Crippen LogP contribution in [0.25, 0.3) is 0 Å². The number of anilines is 1. The molecule has 1 amide bonds. The number of thiophene rings is 1. The summed E-state index contributed by atoms with van der Waals surface area (Å²) in [6.45, 7) is 3.80. The molecule has 0 spiro atoms. The van der Waals surface area contributed by atoms with E-state index in [1.54, 1.807) is 18.2 Å². The standard InChI is InChI=1S/C14H10BrClN2OS/c1-7-8(2)20-14(10(7)6-17)18-13(19)9-3-4-12(16)11(15)5-9/h3-5H,1-2H3,(H,18,19). The van der Waals surface area contributed by atoms with Crippen LogP contribution in [0.2, 0.25) is 5.02 Å². The molecule has 0 fully saturated rings. The molecule has 0 saturated heterocycles. The number of rotatable bonds is 2. The van der Waals surface area contributed by atoms with Crippen LogP contribution in [0.15, 0.2) is 22.7 Å². The third-order valence-corrected chi connectivity index (χ3v) is 5.24. The van der Waals surface area contributed by atoms with E-state index >= 15 is 0 Å². The Morgan fingerprint density at radius 3 is 2.75 bits per heavy atom. The number of halogens is 2. The van der Waals surface area contributed by atoms with Crippen molar-refractivity contribution in [2.45, 2.75) is 13.8 Å². The number of nitrogens with zero attached hydrogens (tertiary/aromatic N) is 1. The molecule has 0 atom stereocenters. The molecule has 1 heterocycles. The maximum absolute atomic E-state index is 12.2. The molecule has 0 unspecified atom stereocenters. The third kappa shape index (κ3) is 2.88. The highest BCUT2D eigenvalue weighted by Crippen LogP contribution is 2.32. The molecule has 0 aliphatic heterocycles. The SMILES string of the molecule is Cc1sc(NC(=O)c2ccc(Cl)c(Br)c2)c(C#N)c1C. The molecule has 6 heteroatoms. The van der Waals surface area contributed by atoms with Gasteiger partial charge in [-0.3, -0.25) is 4.79 Å². The molecule has 0 bridgehead atoms. The summed E-state index contributed by atoms with van der Waals surface area (Å²) in [5.74, 6) is -0.264. The lowest BCUT2D eigenvalue weighted by atomic mass is 10.2. The van der Waals surface area contributed by atoms with Crippen LogP contribution in [0.4, 0.5) is 5.00 Å². The van der Waals surface area contributed by atoms with Gasteiger partial charge in [0.2, 0.25) is 0 Å². The van der Waals surface area contributed by atoms with Crippen LogP contribution in [0, 0.1) is 25.2 Å². The lowest BCUT2D eigenvalue weighted by molar-refractivity contribution is 0.102. The maximum Gasteiger partial charge on any atom is 0.256 e. The molecule has 0 aliphatic rings. The maximum atomic E-state index is 12.2. The number of hydrogen-bond donors (Lipinski definition) is 1. The van der Waals surface area contributed by atoms with Gasteiger partial charge in [-0.1, -0.05) is 11.6 Å². The van der Waals surface area contributed by atoms with E-state index in [0.717, 1.165) is 10.4 Å². The quantitative estimate of drug-likeness (QED) is 0.818. The van der Waals surface area contributed by atoms with Crippen molar-refractivity contribution in [3.05, 3.63) is 49.3 Å². The van der Waals surface area contributed by atoms with Gasteiger partial charge in [-0.05, 0) is 53.5 Å². The number of aryl methyl sites for hydroxylation is 1. The predicted octanol–water partition coefficient (Wildman–Crippen LogP) is 4.90. The average Bonchev–Trinajstić information content (AvgIpc) is 2.67. The normalized spacial score (nSPS) is 10.2. The summed E-state index contributed by atoms with van der Waals surface area (Å²) in [6, 6.07) is 7.07. The van der Waals surface area contributed by atoms with Gasteiger partial charge in [-0.25, -0.2) is 0 Å². The van der Waals surface area contributed by atoms with Gasteiger partial charge in [0, 0.05) is 14.9 Å². The second-order valence-electron chi connectivity index (χ2n) is 4.18. The van der Waals surface area contributed by atoms with Gasteiger partial charge in [0.15, 0.2) is 0 Å². The zero-order valence-corrected chi connectivity index (χ0v) is 13.9. The van der Waals surface area contributed by atoms with E-state index in [0.29, 0.717) is 25.6 Å². The second kappa shape index (κ2) is 5.96. The first-order valence-corrected chi connectivity index (χ1v) is 7.69. The molecule has 20 heavy (non-hydrogen) atoms. The van der Waals surface area contributed by atoms with Crippen molar-refractivity contribution >= 4 is 49.8 Å². The first-order valence-electron chi connectivity index (χ1n) is 5.70. The van der Waals surface area contributed by atoms with Gasteiger partial charge in [0.25, 0.3) is 5.91 Å². The number of amides is 1. The summed E-state index contributed by atoms with van der Waals surface area (Å²) in [7, 11) is 0. The van der Waals surface area contributed by atoms with Gasteiger partial charge in [-0.2, -0.15) is 5.26 Å². The third-order valence-electron chi connectivity index (χ3n) is 2.91. The van der Waals surface area contributed by atoms with Gasteiger partial charge < -0.3 is 5.32 Å². The van der Waals surface area contributed by atoms with Crippen molar-refractivity contribution in [2.24, 2.45) is 0 Å². The first-order chi connectivity index (χ1) is 9.43. The summed E-state index contributed by atoms with van der Waals surface area (Å²) in [6.07, 6.45) is 0. The Kier molecular flexibility index (Phi) is 4.48. The minimum absolute atomic E-state index is 0.264. The van der Waals surface area contributed by atoms with E-state index in [-0.39, 0.29) is 5.91 Å². The highest BCUT2D eigenvalue weighted by Gasteiger charge is 2.16. The molecule has 1 aromatic heterocycles. The summed E-state index contributed by atoms with van der Waals surface area (Å²) < 4.78 is 0.658. The Morgan fingerprint density at radius 1 is 1.45 bits per heavy atom. The van der Waals surface area contributed by atoms with Crippen LogP contribution in [0.5, 0.6) is 0 Å². The summed E-state index contributed by atoms with van der Waals surface area (Å²) in [5, 5.41) is 13.1. The molecule has 1 aromatic carbocycles. The smallest absolute Gasteiger partial charge is 0.256 e. The van der Waals surface area contributed by atoms with Crippen LogP contribution in [0.1, 0.15) is 26.4 Å². The Balaban J connectivity index is 2.30. The van der Waals surface area contributed by atoms with Crippen molar-refractivity contribution in [3.63, 3.8) is 0 Å². The van der Waals surface area contributed by atoms with E-state index in [1.807, 2.05) is 13.8 Å². The number of carbonyl (C=O) groups is 1. The zero-order valence-electron chi connectivity index (χ0n) is 10.8. The van der Waals surface area contributed by atoms with Crippen molar-refractivity contribution in [1.29, 1.82) is 5.26 Å². The first kappa shape index (κ1) is 15.0. The molecule has 3 nitrogen and oxygen atoms in total. The van der Waals surface area contributed by atoms with E-state index in [4.69, 9.17) is 16.9 Å². The van der Waals surface area contributed by atoms with Crippen LogP contribution in [0.3, 0.4) is 0 Å². The largest absolute Gasteiger partial charge is 0.312 e. The highest BCUT2D eigenvalue weighted by atomic mass is 79.9. The lowest BCUT2D eigenvalue weighted by Gasteiger charge is -2.05. The fourth-order valence-electron chi connectivity index (χ4n) is 1.66. The van der Waals surface area contributed by atoms with Gasteiger partial charge in [0.05, 0.1) is 10.6 Å². The number of hydrogen-bond acceptors (Lipinski definition) is 3. The molecule has 0 radical (unpaired) electrons. The Labute approximate surface area is 134 Å². The summed E-state index contributed by atoms with van der Waals surface area (Å²) >= 11 is 10.6.